The van der Waals surface area contributed by atoms with Crippen molar-refractivity contribution < 1.29 is 4.79 Å². The summed E-state index contributed by atoms with van der Waals surface area (Å²) in [4.78, 5) is 11.0. The van der Waals surface area contributed by atoms with Crippen LogP contribution < -0.4 is 0 Å². The van der Waals surface area contributed by atoms with Crippen molar-refractivity contribution >= 4 is 39.4 Å². The van der Waals surface area contributed by atoms with Crippen molar-refractivity contribution in [2.24, 2.45) is 0 Å². The molecule has 0 aliphatic heterocycles. The Labute approximate surface area is 90.3 Å². The zero-order chi connectivity index (χ0) is 9.30. The van der Waals surface area contributed by atoms with E-state index in [0.29, 0.717) is 5.56 Å². The van der Waals surface area contributed by atoms with Gasteiger partial charge in [-0.15, -0.1) is 0 Å². The van der Waals surface area contributed by atoms with E-state index in [1.165, 1.54) is 0 Å². The van der Waals surface area contributed by atoms with Crippen molar-refractivity contribution in [1.82, 2.24) is 0 Å². The van der Waals surface area contributed by atoms with Gasteiger partial charge in [0.2, 0.25) is 0 Å². The van der Waals surface area contributed by atoms with Gasteiger partial charge >= 0.3 is 0 Å². The van der Waals surface area contributed by atoms with E-state index in [2.05, 4.69) is 22.6 Å². The topological polar surface area (TPSA) is 17.1 Å². The Hall–Kier alpha value is -0.0900. The Morgan fingerprint density at radius 3 is 2.42 bits per heavy atom. The lowest BCUT2D eigenvalue weighted by Gasteiger charge is -2.04. The fourth-order valence-corrected chi connectivity index (χ4v) is 2.74. The lowest BCUT2D eigenvalue weighted by Crippen LogP contribution is -1.98. The fraction of sp³-hybridized carbons (Fsp3) is 0.222. The molecule has 0 saturated carbocycles. The normalized spacial score (nSPS) is 10.0. The van der Waals surface area contributed by atoms with Gasteiger partial charge in [-0.2, -0.15) is 0 Å². The smallest absolute Gasteiger partial charge is 0.253 e. The molecule has 1 aromatic carbocycles. The zero-order valence-electron chi connectivity index (χ0n) is 6.82. The molecule has 0 saturated heterocycles. The summed E-state index contributed by atoms with van der Waals surface area (Å²) >= 11 is 7.54. The number of benzene rings is 1. The lowest BCUT2D eigenvalue weighted by molar-refractivity contribution is 0.108. The second-order valence-electron chi connectivity index (χ2n) is 2.71. The second kappa shape index (κ2) is 3.75. The molecule has 0 heterocycles. The Balaban J connectivity index is 3.38. The molecule has 0 bridgehead atoms. The number of rotatable bonds is 1. The minimum absolute atomic E-state index is 0.378. The Morgan fingerprint density at radius 1 is 1.42 bits per heavy atom. The van der Waals surface area contributed by atoms with Crippen LogP contribution in [0.15, 0.2) is 12.1 Å². The average molecular weight is 295 g/mol. The standard InChI is InChI=1S/C9H8ClIO/c1-5-3-6(2)8(9(10)12)7(11)4-5/h3-4H,1-2H3. The molecular formula is C9H8ClIO. The van der Waals surface area contributed by atoms with Gasteiger partial charge < -0.3 is 0 Å². The summed E-state index contributed by atoms with van der Waals surface area (Å²) < 4.78 is 0.921. The van der Waals surface area contributed by atoms with Crippen LogP contribution in [-0.4, -0.2) is 5.24 Å². The third-order valence-electron chi connectivity index (χ3n) is 1.63. The van der Waals surface area contributed by atoms with Crippen molar-refractivity contribution in [3.63, 3.8) is 0 Å². The van der Waals surface area contributed by atoms with Crippen molar-refractivity contribution in [1.29, 1.82) is 0 Å². The summed E-state index contributed by atoms with van der Waals surface area (Å²) in [7, 11) is 0. The van der Waals surface area contributed by atoms with Crippen molar-refractivity contribution in [3.8, 4) is 0 Å². The first-order valence-corrected chi connectivity index (χ1v) is 4.94. The first kappa shape index (κ1) is 9.99. The zero-order valence-corrected chi connectivity index (χ0v) is 9.73. The van der Waals surface area contributed by atoms with E-state index in [-0.39, 0.29) is 5.24 Å². The monoisotopic (exact) mass is 294 g/mol. The van der Waals surface area contributed by atoms with E-state index in [1.807, 2.05) is 26.0 Å². The van der Waals surface area contributed by atoms with Crippen LogP contribution in [0.4, 0.5) is 0 Å². The second-order valence-corrected chi connectivity index (χ2v) is 4.22. The van der Waals surface area contributed by atoms with Crippen molar-refractivity contribution in [2.45, 2.75) is 13.8 Å². The van der Waals surface area contributed by atoms with Gasteiger partial charge in [0.15, 0.2) is 0 Å². The molecule has 0 radical (unpaired) electrons. The molecule has 0 N–H and O–H groups in total. The van der Waals surface area contributed by atoms with Gasteiger partial charge in [0.25, 0.3) is 5.24 Å². The molecule has 1 nitrogen and oxygen atoms in total. The van der Waals surface area contributed by atoms with E-state index in [0.717, 1.165) is 14.7 Å². The Morgan fingerprint density at radius 2 is 2.00 bits per heavy atom. The molecule has 3 heteroatoms. The first-order chi connectivity index (χ1) is 5.52. The van der Waals surface area contributed by atoms with E-state index >= 15 is 0 Å². The first-order valence-electron chi connectivity index (χ1n) is 3.49. The maximum atomic E-state index is 11.0. The minimum Gasteiger partial charge on any atom is -0.276 e. The third kappa shape index (κ3) is 1.98. The number of carbonyl (C=O) groups is 1. The Kier molecular flexibility index (Phi) is 3.12. The quantitative estimate of drug-likeness (QED) is 0.574. The highest BCUT2D eigenvalue weighted by Crippen LogP contribution is 2.20. The number of hydrogen-bond acceptors (Lipinski definition) is 1. The maximum absolute atomic E-state index is 11.0. The SMILES string of the molecule is Cc1cc(C)c(C(=O)Cl)c(I)c1. The molecule has 0 amide bonds. The molecule has 0 fully saturated rings. The third-order valence-corrected chi connectivity index (χ3v) is 2.67. The summed E-state index contributed by atoms with van der Waals surface area (Å²) in [6.45, 7) is 3.89. The highest BCUT2D eigenvalue weighted by atomic mass is 127. The van der Waals surface area contributed by atoms with Crippen molar-refractivity contribution in [3.05, 3.63) is 32.4 Å². The fourth-order valence-electron chi connectivity index (χ4n) is 1.16. The molecule has 1 aromatic rings. The predicted octanol–water partition coefficient (Wildman–Crippen LogP) is 3.29. The molecular weight excluding hydrogens is 286 g/mol. The van der Waals surface area contributed by atoms with Gasteiger partial charge in [-0.3, -0.25) is 4.79 Å². The molecule has 0 atom stereocenters. The van der Waals surface area contributed by atoms with Gasteiger partial charge in [0, 0.05) is 3.57 Å². The van der Waals surface area contributed by atoms with Gasteiger partial charge in [-0.1, -0.05) is 6.07 Å². The lowest BCUT2D eigenvalue weighted by atomic mass is 10.1. The van der Waals surface area contributed by atoms with E-state index in [1.54, 1.807) is 0 Å². The largest absolute Gasteiger partial charge is 0.276 e. The van der Waals surface area contributed by atoms with Crippen LogP contribution in [0.2, 0.25) is 0 Å². The predicted molar refractivity (Wildman–Crippen MR) is 58.8 cm³/mol. The van der Waals surface area contributed by atoms with Crippen molar-refractivity contribution in [2.75, 3.05) is 0 Å². The number of carbonyl (C=O) groups excluding carboxylic acids is 1. The molecule has 1 rings (SSSR count). The van der Waals surface area contributed by atoms with E-state index in [4.69, 9.17) is 11.6 Å². The molecule has 0 aliphatic rings. The summed E-state index contributed by atoms with van der Waals surface area (Å²) in [6, 6.07) is 3.90. The van der Waals surface area contributed by atoms with Crippen LogP contribution >= 0.6 is 34.2 Å². The van der Waals surface area contributed by atoms with Gasteiger partial charge in [0.05, 0.1) is 5.56 Å². The molecule has 64 valence electrons. The van der Waals surface area contributed by atoms with Gasteiger partial charge in [0.1, 0.15) is 0 Å². The molecule has 0 aromatic heterocycles. The van der Waals surface area contributed by atoms with E-state index in [9.17, 15) is 4.79 Å². The summed E-state index contributed by atoms with van der Waals surface area (Å²) in [6.07, 6.45) is 0. The van der Waals surface area contributed by atoms with Crippen LogP contribution in [0.25, 0.3) is 0 Å². The highest BCUT2D eigenvalue weighted by Gasteiger charge is 2.10. The number of hydrogen-bond donors (Lipinski definition) is 0. The maximum Gasteiger partial charge on any atom is 0.253 e. The van der Waals surface area contributed by atoms with Crippen LogP contribution in [0, 0.1) is 17.4 Å². The highest BCUT2D eigenvalue weighted by molar-refractivity contribution is 14.1. The van der Waals surface area contributed by atoms with Gasteiger partial charge in [-0.25, -0.2) is 0 Å². The number of halogens is 2. The van der Waals surface area contributed by atoms with Crippen LogP contribution in [-0.2, 0) is 0 Å². The van der Waals surface area contributed by atoms with E-state index < -0.39 is 0 Å². The summed E-state index contributed by atoms with van der Waals surface area (Å²) in [5.41, 5.74) is 2.72. The van der Waals surface area contributed by atoms with Crippen LogP contribution in [0.3, 0.4) is 0 Å². The minimum atomic E-state index is -0.378. The molecule has 12 heavy (non-hydrogen) atoms. The van der Waals surface area contributed by atoms with Crippen LogP contribution in [0.5, 0.6) is 0 Å². The summed E-state index contributed by atoms with van der Waals surface area (Å²) in [5, 5.41) is -0.378. The van der Waals surface area contributed by atoms with Crippen LogP contribution in [0.1, 0.15) is 21.5 Å². The average Bonchev–Trinajstić information content (AvgIpc) is 1.82. The van der Waals surface area contributed by atoms with Gasteiger partial charge in [-0.05, 0) is 65.2 Å². The summed E-state index contributed by atoms with van der Waals surface area (Å²) in [5.74, 6) is 0. The molecule has 0 unspecified atom stereocenters. The Bertz CT molecular complexity index is 310. The number of aryl methyl sites for hydroxylation is 2. The molecule has 0 aliphatic carbocycles. The molecule has 0 spiro atoms.